The van der Waals surface area contributed by atoms with Crippen LogP contribution in [0.15, 0.2) is 60.7 Å². The lowest BCUT2D eigenvalue weighted by Crippen LogP contribution is -2.37. The Morgan fingerprint density at radius 3 is 2.52 bits per heavy atom. The first-order chi connectivity index (χ1) is 13.0. The minimum absolute atomic E-state index is 0.0772. The van der Waals surface area contributed by atoms with Crippen molar-refractivity contribution in [1.29, 1.82) is 0 Å². The van der Waals surface area contributed by atoms with E-state index in [0.29, 0.717) is 10.6 Å². The minimum Gasteiger partial charge on any atom is -0.389 e. The Hall–Kier alpha value is -2.40. The van der Waals surface area contributed by atoms with Crippen LogP contribution in [0.25, 0.3) is 10.8 Å². The number of carbonyl (C=O) groups is 1. The summed E-state index contributed by atoms with van der Waals surface area (Å²) in [6, 6.07) is 19.0. The van der Waals surface area contributed by atoms with Gasteiger partial charge in [0.2, 0.25) is 0 Å². The summed E-state index contributed by atoms with van der Waals surface area (Å²) in [7, 11) is 0. The highest BCUT2D eigenvalue weighted by molar-refractivity contribution is 6.30. The van der Waals surface area contributed by atoms with Crippen molar-refractivity contribution in [3.8, 4) is 0 Å². The van der Waals surface area contributed by atoms with E-state index in [4.69, 9.17) is 16.3 Å². The molecule has 2 unspecified atom stereocenters. The first kappa shape index (κ1) is 18.0. The average Bonchev–Trinajstić information content (AvgIpc) is 2.95. The van der Waals surface area contributed by atoms with Gasteiger partial charge < -0.3 is 14.7 Å². The molecular formula is C22H20ClNO3. The highest BCUT2D eigenvalue weighted by atomic mass is 35.5. The lowest BCUT2D eigenvalue weighted by Gasteiger charge is -2.23. The van der Waals surface area contributed by atoms with Crippen LogP contribution in [0.2, 0.25) is 5.02 Å². The number of halogens is 1. The van der Waals surface area contributed by atoms with Crippen LogP contribution in [0, 0.1) is 0 Å². The minimum atomic E-state index is -0.784. The summed E-state index contributed by atoms with van der Waals surface area (Å²) in [5.74, 6) is -0.0772. The highest BCUT2D eigenvalue weighted by Gasteiger charge is 2.30. The normalized spacial score (nSPS) is 15.4. The second kappa shape index (κ2) is 7.31. The summed E-state index contributed by atoms with van der Waals surface area (Å²) < 4.78 is 5.79. The lowest BCUT2D eigenvalue weighted by molar-refractivity contribution is 0.000494. The van der Waals surface area contributed by atoms with E-state index in [1.165, 1.54) is 0 Å². The number of nitrogens with zero attached hydrogens (tertiary/aromatic N) is 1. The monoisotopic (exact) mass is 381 g/mol. The van der Waals surface area contributed by atoms with Gasteiger partial charge >= 0.3 is 0 Å². The number of hydrogen-bond acceptors (Lipinski definition) is 3. The van der Waals surface area contributed by atoms with Crippen molar-refractivity contribution in [2.24, 2.45) is 0 Å². The number of carbonyl (C=O) groups excluding carboxylic acids is 1. The maximum absolute atomic E-state index is 12.8. The second-order valence-electron chi connectivity index (χ2n) is 6.78. The molecule has 4 nitrogen and oxygen atoms in total. The zero-order chi connectivity index (χ0) is 19.0. The topological polar surface area (TPSA) is 49.8 Å². The number of benzene rings is 3. The van der Waals surface area contributed by atoms with E-state index in [2.05, 4.69) is 0 Å². The third-order valence-electron chi connectivity index (χ3n) is 4.92. The molecule has 0 radical (unpaired) electrons. The standard InChI is InChI=1S/C22H20ClNO3/c1-14(15-8-10-17(23)11-9-15)27-13-18(25)12-24-20-7-3-5-16-4-2-6-19(21(16)20)22(24)26/h2-11,14,18,25H,12-13H2,1H3. The van der Waals surface area contributed by atoms with E-state index in [0.717, 1.165) is 22.0 Å². The van der Waals surface area contributed by atoms with E-state index in [9.17, 15) is 9.90 Å². The number of anilines is 1. The molecule has 3 aromatic carbocycles. The van der Waals surface area contributed by atoms with E-state index in [1.54, 1.807) is 4.90 Å². The number of amides is 1. The van der Waals surface area contributed by atoms with Gasteiger partial charge in [0.05, 0.1) is 31.0 Å². The van der Waals surface area contributed by atoms with Gasteiger partial charge in [-0.15, -0.1) is 0 Å². The smallest absolute Gasteiger partial charge is 0.259 e. The Morgan fingerprint density at radius 1 is 1.07 bits per heavy atom. The van der Waals surface area contributed by atoms with Crippen LogP contribution in [0.5, 0.6) is 0 Å². The third kappa shape index (κ3) is 3.44. The van der Waals surface area contributed by atoms with Gasteiger partial charge in [0, 0.05) is 16.0 Å². The van der Waals surface area contributed by atoms with Crippen LogP contribution in [0.4, 0.5) is 5.69 Å². The molecule has 1 aliphatic heterocycles. The van der Waals surface area contributed by atoms with Gasteiger partial charge in [0.25, 0.3) is 5.91 Å². The molecule has 138 valence electrons. The second-order valence-corrected chi connectivity index (χ2v) is 7.21. The molecule has 1 heterocycles. The fraction of sp³-hybridized carbons (Fsp3) is 0.227. The molecule has 1 aliphatic rings. The molecule has 0 fully saturated rings. The van der Waals surface area contributed by atoms with Gasteiger partial charge in [-0.1, -0.05) is 48.0 Å². The molecule has 0 bridgehead atoms. The number of β-amino-alcohol motifs (C(OH)–C–C–N with tert-alkyl or cyclic N) is 1. The van der Waals surface area contributed by atoms with Crippen molar-refractivity contribution >= 4 is 34.0 Å². The molecule has 4 rings (SSSR count). The van der Waals surface area contributed by atoms with Crippen LogP contribution in [0.3, 0.4) is 0 Å². The van der Waals surface area contributed by atoms with Crippen LogP contribution in [-0.4, -0.2) is 30.3 Å². The van der Waals surface area contributed by atoms with Gasteiger partial charge in [0.15, 0.2) is 0 Å². The van der Waals surface area contributed by atoms with E-state index >= 15 is 0 Å². The van der Waals surface area contributed by atoms with Crippen LogP contribution < -0.4 is 4.90 Å². The molecule has 0 aromatic heterocycles. The molecule has 0 aliphatic carbocycles. The lowest BCUT2D eigenvalue weighted by atomic mass is 10.1. The summed E-state index contributed by atoms with van der Waals surface area (Å²) >= 11 is 5.91. The van der Waals surface area contributed by atoms with Gasteiger partial charge in [0.1, 0.15) is 0 Å². The van der Waals surface area contributed by atoms with Crippen LogP contribution in [0.1, 0.15) is 28.9 Å². The zero-order valence-electron chi connectivity index (χ0n) is 14.9. The fourth-order valence-corrected chi connectivity index (χ4v) is 3.64. The van der Waals surface area contributed by atoms with Crippen LogP contribution in [-0.2, 0) is 4.74 Å². The molecule has 0 saturated heterocycles. The summed E-state index contributed by atoms with van der Waals surface area (Å²) in [5.41, 5.74) is 2.52. The third-order valence-corrected chi connectivity index (χ3v) is 5.17. The maximum atomic E-state index is 12.8. The number of aliphatic hydroxyl groups is 1. The molecule has 0 spiro atoms. The van der Waals surface area contributed by atoms with Crippen molar-refractivity contribution < 1.29 is 14.6 Å². The summed E-state index contributed by atoms with van der Waals surface area (Å²) in [4.78, 5) is 14.4. The molecular weight excluding hydrogens is 362 g/mol. The first-order valence-corrected chi connectivity index (χ1v) is 9.31. The number of ether oxygens (including phenoxy) is 1. The van der Waals surface area contributed by atoms with Crippen LogP contribution >= 0.6 is 11.6 Å². The quantitative estimate of drug-likeness (QED) is 0.679. The summed E-state index contributed by atoms with van der Waals surface area (Å²) in [6.45, 7) is 2.26. The highest BCUT2D eigenvalue weighted by Crippen LogP contribution is 2.37. The van der Waals surface area contributed by atoms with Gasteiger partial charge in [-0.25, -0.2) is 0 Å². The Labute approximate surface area is 162 Å². The molecule has 5 heteroatoms. The van der Waals surface area contributed by atoms with Gasteiger partial charge in [-0.05, 0) is 42.1 Å². The van der Waals surface area contributed by atoms with Crippen molar-refractivity contribution in [2.45, 2.75) is 19.1 Å². The van der Waals surface area contributed by atoms with Crippen molar-refractivity contribution in [3.05, 3.63) is 76.8 Å². The Balaban J connectivity index is 1.43. The number of hydrogen-bond donors (Lipinski definition) is 1. The summed E-state index contributed by atoms with van der Waals surface area (Å²) in [6.07, 6.45) is -0.958. The maximum Gasteiger partial charge on any atom is 0.259 e. The number of aliphatic hydroxyl groups excluding tert-OH is 1. The SMILES string of the molecule is CC(OCC(O)CN1C(=O)c2cccc3cccc1c23)c1ccc(Cl)cc1. The van der Waals surface area contributed by atoms with E-state index < -0.39 is 6.10 Å². The first-order valence-electron chi connectivity index (χ1n) is 8.93. The molecule has 1 N–H and O–H groups in total. The fourth-order valence-electron chi connectivity index (χ4n) is 3.51. The zero-order valence-corrected chi connectivity index (χ0v) is 15.7. The van der Waals surface area contributed by atoms with Gasteiger partial charge in [-0.3, -0.25) is 4.79 Å². The van der Waals surface area contributed by atoms with Crippen molar-refractivity contribution in [1.82, 2.24) is 0 Å². The van der Waals surface area contributed by atoms with Gasteiger partial charge in [-0.2, -0.15) is 0 Å². The van der Waals surface area contributed by atoms with E-state index in [1.807, 2.05) is 67.6 Å². The molecule has 3 aromatic rings. The Morgan fingerprint density at radius 2 is 1.78 bits per heavy atom. The van der Waals surface area contributed by atoms with E-state index in [-0.39, 0.29) is 25.2 Å². The molecule has 27 heavy (non-hydrogen) atoms. The van der Waals surface area contributed by atoms with Crippen molar-refractivity contribution in [2.75, 3.05) is 18.1 Å². The average molecular weight is 382 g/mol. The number of rotatable bonds is 6. The molecule has 0 saturated carbocycles. The predicted octanol–water partition coefficient (Wildman–Crippen LogP) is 4.59. The Kier molecular flexibility index (Phi) is 4.87. The Bertz CT molecular complexity index is 981. The molecule has 1 amide bonds. The largest absolute Gasteiger partial charge is 0.389 e. The molecule has 2 atom stereocenters. The van der Waals surface area contributed by atoms with Crippen molar-refractivity contribution in [3.63, 3.8) is 0 Å². The predicted molar refractivity (Wildman–Crippen MR) is 107 cm³/mol. The summed E-state index contributed by atoms with van der Waals surface area (Å²) in [5, 5.41) is 13.1.